The molecule has 0 unspecified atom stereocenters. The summed E-state index contributed by atoms with van der Waals surface area (Å²) in [5, 5.41) is 13.7. The van der Waals surface area contributed by atoms with Gasteiger partial charge in [-0.2, -0.15) is 5.10 Å². The summed E-state index contributed by atoms with van der Waals surface area (Å²) in [4.78, 5) is 2.72. The molecule has 0 aliphatic rings. The van der Waals surface area contributed by atoms with Gasteiger partial charge < -0.3 is 5.11 Å². The van der Waals surface area contributed by atoms with E-state index in [1.54, 1.807) is 0 Å². The highest BCUT2D eigenvalue weighted by molar-refractivity contribution is 7.11. The largest absolute Gasteiger partial charge is 0.392 e. The van der Waals surface area contributed by atoms with Gasteiger partial charge in [0.1, 0.15) is 0 Å². The molecule has 0 saturated carbocycles. The number of nitrogens with zero attached hydrogens (tertiary/aromatic N) is 2. The minimum Gasteiger partial charge on any atom is -0.392 e. The van der Waals surface area contributed by atoms with Crippen molar-refractivity contribution in [2.24, 2.45) is 0 Å². The Balaban J connectivity index is 2.24. The Morgan fingerprint density at radius 3 is 2.53 bits per heavy atom. The van der Waals surface area contributed by atoms with Gasteiger partial charge >= 0.3 is 0 Å². The maximum Gasteiger partial charge on any atom is 0.0755 e. The fourth-order valence-electron chi connectivity index (χ4n) is 1.96. The van der Waals surface area contributed by atoms with E-state index in [1.165, 1.54) is 9.75 Å². The van der Waals surface area contributed by atoms with Crippen molar-refractivity contribution in [3.63, 3.8) is 0 Å². The fraction of sp³-hybridized carbons (Fsp3) is 0.462. The maximum atomic E-state index is 9.27. The summed E-state index contributed by atoms with van der Waals surface area (Å²) in [7, 11) is 0. The van der Waals surface area contributed by atoms with Gasteiger partial charge in [-0.3, -0.25) is 4.68 Å². The second-order valence-corrected chi connectivity index (χ2v) is 5.44. The van der Waals surface area contributed by atoms with Crippen LogP contribution < -0.4 is 0 Å². The van der Waals surface area contributed by atoms with E-state index in [9.17, 15) is 5.11 Å². The van der Waals surface area contributed by atoms with Crippen LogP contribution in [0.5, 0.6) is 0 Å². The topological polar surface area (TPSA) is 38.0 Å². The number of aromatic nitrogens is 2. The normalized spacial score (nSPS) is 11.1. The lowest BCUT2D eigenvalue weighted by Gasteiger charge is -2.02. The molecule has 0 radical (unpaired) electrons. The molecule has 17 heavy (non-hydrogen) atoms. The number of hydrogen-bond donors (Lipinski definition) is 1. The van der Waals surface area contributed by atoms with Crippen LogP contribution in [0.2, 0.25) is 0 Å². The Hall–Kier alpha value is -1.13. The average Bonchev–Trinajstić information content (AvgIpc) is 2.86. The quantitative estimate of drug-likeness (QED) is 0.906. The molecule has 2 heterocycles. The van der Waals surface area contributed by atoms with E-state index < -0.39 is 0 Å². The molecule has 0 spiro atoms. The van der Waals surface area contributed by atoms with Crippen LogP contribution in [0.25, 0.3) is 0 Å². The van der Waals surface area contributed by atoms with Crippen LogP contribution in [0.4, 0.5) is 0 Å². The maximum absolute atomic E-state index is 9.27. The van der Waals surface area contributed by atoms with Crippen LogP contribution in [0, 0.1) is 13.8 Å². The van der Waals surface area contributed by atoms with Gasteiger partial charge in [0.05, 0.1) is 18.8 Å². The summed E-state index contributed by atoms with van der Waals surface area (Å²) in [6, 6.07) is 4.34. The van der Waals surface area contributed by atoms with Crippen molar-refractivity contribution in [1.82, 2.24) is 9.78 Å². The predicted molar refractivity (Wildman–Crippen MR) is 70.4 cm³/mol. The highest BCUT2D eigenvalue weighted by atomic mass is 32.1. The first-order valence-electron chi connectivity index (χ1n) is 5.87. The molecule has 0 aliphatic heterocycles. The van der Waals surface area contributed by atoms with Gasteiger partial charge in [0.15, 0.2) is 0 Å². The average molecular weight is 250 g/mol. The zero-order valence-electron chi connectivity index (χ0n) is 10.5. The first-order valence-corrected chi connectivity index (χ1v) is 6.68. The molecule has 0 amide bonds. The minimum atomic E-state index is 0.0717. The number of aryl methyl sites for hydroxylation is 2. The Kier molecular flexibility index (Phi) is 3.64. The monoisotopic (exact) mass is 250 g/mol. The highest BCUT2D eigenvalue weighted by Gasteiger charge is 2.11. The lowest BCUT2D eigenvalue weighted by atomic mass is 10.2. The molecule has 1 N–H and O–H groups in total. The van der Waals surface area contributed by atoms with Gasteiger partial charge in [-0.1, -0.05) is 6.92 Å². The third-order valence-electron chi connectivity index (χ3n) is 3.06. The molecule has 0 atom stereocenters. The Bertz CT molecular complexity index is 513. The standard InChI is InChI=1S/C13H18N2OS/c1-4-11-5-6-12(17-11)7-15-10(3)13(8-16)9(2)14-15/h5-6,16H,4,7-8H2,1-3H3. The predicted octanol–water partition coefficient (Wildman–Crippen LogP) is 2.66. The summed E-state index contributed by atoms with van der Waals surface area (Å²) in [5.41, 5.74) is 2.95. The molecule has 0 saturated heterocycles. The van der Waals surface area contributed by atoms with Crippen molar-refractivity contribution in [3.05, 3.63) is 38.8 Å². The van der Waals surface area contributed by atoms with E-state index in [-0.39, 0.29) is 6.61 Å². The molecule has 3 nitrogen and oxygen atoms in total. The Morgan fingerprint density at radius 2 is 2.00 bits per heavy atom. The number of hydrogen-bond acceptors (Lipinski definition) is 3. The van der Waals surface area contributed by atoms with E-state index in [1.807, 2.05) is 29.9 Å². The van der Waals surface area contributed by atoms with Crippen molar-refractivity contribution in [1.29, 1.82) is 0 Å². The molecule has 2 rings (SSSR count). The smallest absolute Gasteiger partial charge is 0.0755 e. The molecule has 0 aliphatic carbocycles. The van der Waals surface area contributed by atoms with E-state index in [2.05, 4.69) is 24.2 Å². The Morgan fingerprint density at radius 1 is 1.29 bits per heavy atom. The second-order valence-electron chi connectivity index (χ2n) is 4.19. The van der Waals surface area contributed by atoms with Crippen molar-refractivity contribution in [2.45, 2.75) is 40.3 Å². The third-order valence-corrected chi connectivity index (χ3v) is 4.28. The Labute approximate surface area is 106 Å². The number of rotatable bonds is 4. The molecule has 0 bridgehead atoms. The number of thiophene rings is 1. The summed E-state index contributed by atoms with van der Waals surface area (Å²) in [6.45, 7) is 7.00. The second kappa shape index (κ2) is 5.02. The molecular formula is C13H18N2OS. The van der Waals surface area contributed by atoms with Crippen LogP contribution >= 0.6 is 11.3 Å². The van der Waals surface area contributed by atoms with Crippen molar-refractivity contribution in [3.8, 4) is 0 Å². The van der Waals surface area contributed by atoms with Gasteiger partial charge in [-0.25, -0.2) is 0 Å². The van der Waals surface area contributed by atoms with Crippen LogP contribution in [-0.4, -0.2) is 14.9 Å². The van der Waals surface area contributed by atoms with E-state index in [4.69, 9.17) is 0 Å². The lowest BCUT2D eigenvalue weighted by molar-refractivity contribution is 0.280. The molecule has 2 aromatic rings. The lowest BCUT2D eigenvalue weighted by Crippen LogP contribution is -2.02. The summed E-state index contributed by atoms with van der Waals surface area (Å²) >= 11 is 1.84. The number of aliphatic hydroxyl groups is 1. The third kappa shape index (κ3) is 2.42. The van der Waals surface area contributed by atoms with E-state index in [0.717, 1.165) is 29.9 Å². The zero-order valence-corrected chi connectivity index (χ0v) is 11.3. The zero-order chi connectivity index (χ0) is 12.4. The van der Waals surface area contributed by atoms with Crippen LogP contribution in [0.3, 0.4) is 0 Å². The van der Waals surface area contributed by atoms with Crippen molar-refractivity contribution >= 4 is 11.3 Å². The minimum absolute atomic E-state index is 0.0717. The van der Waals surface area contributed by atoms with Crippen LogP contribution in [0.15, 0.2) is 12.1 Å². The van der Waals surface area contributed by atoms with E-state index in [0.29, 0.717) is 0 Å². The molecule has 4 heteroatoms. The van der Waals surface area contributed by atoms with Gasteiger partial charge in [0.25, 0.3) is 0 Å². The molecule has 2 aromatic heterocycles. The van der Waals surface area contributed by atoms with Crippen LogP contribution in [0.1, 0.15) is 33.6 Å². The van der Waals surface area contributed by atoms with Crippen molar-refractivity contribution in [2.75, 3.05) is 0 Å². The summed E-state index contributed by atoms with van der Waals surface area (Å²) < 4.78 is 1.98. The first-order chi connectivity index (χ1) is 8.15. The molecule has 0 fully saturated rings. The fourth-order valence-corrected chi connectivity index (χ4v) is 2.90. The van der Waals surface area contributed by atoms with Crippen LogP contribution in [-0.2, 0) is 19.6 Å². The molecule has 92 valence electrons. The number of aliphatic hydroxyl groups excluding tert-OH is 1. The first kappa shape index (κ1) is 12.3. The highest BCUT2D eigenvalue weighted by Crippen LogP contribution is 2.20. The summed E-state index contributed by atoms with van der Waals surface area (Å²) in [6.07, 6.45) is 1.09. The van der Waals surface area contributed by atoms with Crippen molar-refractivity contribution < 1.29 is 5.11 Å². The van der Waals surface area contributed by atoms with Gasteiger partial charge in [0.2, 0.25) is 0 Å². The SMILES string of the molecule is CCc1ccc(Cn2nc(C)c(CO)c2C)s1. The van der Waals surface area contributed by atoms with Gasteiger partial charge in [-0.05, 0) is 32.4 Å². The summed E-state index contributed by atoms with van der Waals surface area (Å²) in [5.74, 6) is 0. The molecule has 0 aromatic carbocycles. The van der Waals surface area contributed by atoms with Gasteiger partial charge in [-0.15, -0.1) is 11.3 Å². The van der Waals surface area contributed by atoms with E-state index >= 15 is 0 Å². The van der Waals surface area contributed by atoms with Gasteiger partial charge in [0, 0.05) is 21.0 Å². The molecular weight excluding hydrogens is 232 g/mol.